The number of hydrogen-bond donors (Lipinski definition) is 0. The molecule has 4 aromatic rings. The van der Waals surface area contributed by atoms with Crippen molar-refractivity contribution in [2.24, 2.45) is 0 Å². The zero-order valence-electron chi connectivity index (χ0n) is 35.7. The van der Waals surface area contributed by atoms with E-state index in [1.165, 1.54) is 6.92 Å². The third-order valence-electron chi connectivity index (χ3n) is 10.1. The quantitative estimate of drug-likeness (QED) is 0.0773. The second-order valence-electron chi connectivity index (χ2n) is 15.0. The van der Waals surface area contributed by atoms with Gasteiger partial charge < -0.3 is 52.1 Å². The SMILES string of the molecule is CC(=O)OC[C@H]1O[C@H](OC(C)=O)[C@H](O[C@H]2O[C@H](COCc3ccccc3)[C@@H](OCc3ccccc3)[C@H](OCc3ccccc3)[C@@H]2OCc2ccccc2)[C@@H](OC(C)=O)[C@H]1OC(C)=O. The molecule has 15 heteroatoms. The second kappa shape index (κ2) is 23.8. The van der Waals surface area contributed by atoms with Crippen molar-refractivity contribution < 1.29 is 71.3 Å². The molecular weight excluding hydrogens is 817 g/mol. The van der Waals surface area contributed by atoms with E-state index in [4.69, 9.17) is 52.1 Å². The zero-order chi connectivity index (χ0) is 44.6. The van der Waals surface area contributed by atoms with Crippen LogP contribution in [0.1, 0.15) is 49.9 Å². The summed E-state index contributed by atoms with van der Waals surface area (Å²) in [6.45, 7) is 4.84. The Morgan fingerprint density at radius 2 is 0.825 bits per heavy atom. The first-order valence-corrected chi connectivity index (χ1v) is 20.7. The van der Waals surface area contributed by atoms with Crippen LogP contribution in [0.2, 0.25) is 0 Å². The molecule has 10 atom stereocenters. The summed E-state index contributed by atoms with van der Waals surface area (Å²) in [7, 11) is 0. The Kier molecular flexibility index (Phi) is 17.7. The van der Waals surface area contributed by atoms with Gasteiger partial charge in [-0.3, -0.25) is 19.2 Å². The van der Waals surface area contributed by atoms with Gasteiger partial charge in [0, 0.05) is 27.7 Å². The van der Waals surface area contributed by atoms with E-state index in [2.05, 4.69) is 0 Å². The molecule has 15 nitrogen and oxygen atoms in total. The molecule has 0 aromatic heterocycles. The van der Waals surface area contributed by atoms with Crippen LogP contribution in [0.25, 0.3) is 0 Å². The summed E-state index contributed by atoms with van der Waals surface area (Å²) < 4.78 is 68.9. The van der Waals surface area contributed by atoms with Crippen LogP contribution < -0.4 is 0 Å². The normalized spacial score (nSPS) is 25.7. The fourth-order valence-electron chi connectivity index (χ4n) is 7.29. The van der Waals surface area contributed by atoms with Gasteiger partial charge in [-0.05, 0) is 22.3 Å². The lowest BCUT2D eigenvalue weighted by atomic mass is 9.96. The first-order chi connectivity index (χ1) is 30.5. The van der Waals surface area contributed by atoms with Crippen molar-refractivity contribution >= 4 is 23.9 Å². The predicted molar refractivity (Wildman–Crippen MR) is 223 cm³/mol. The first-order valence-electron chi connectivity index (χ1n) is 20.7. The van der Waals surface area contributed by atoms with Crippen LogP contribution in [-0.2, 0) is 97.7 Å². The van der Waals surface area contributed by atoms with Gasteiger partial charge in [0.05, 0.1) is 33.0 Å². The Morgan fingerprint density at radius 3 is 1.30 bits per heavy atom. The van der Waals surface area contributed by atoms with Gasteiger partial charge in [0.25, 0.3) is 0 Å². The summed E-state index contributed by atoms with van der Waals surface area (Å²) in [5.41, 5.74) is 3.52. The van der Waals surface area contributed by atoms with Gasteiger partial charge in [-0.1, -0.05) is 121 Å². The van der Waals surface area contributed by atoms with Crippen LogP contribution in [-0.4, -0.2) is 98.5 Å². The van der Waals surface area contributed by atoms with Crippen molar-refractivity contribution in [3.8, 4) is 0 Å². The molecule has 0 radical (unpaired) electrons. The number of carbonyl (C=O) groups excluding carboxylic acids is 4. The molecule has 0 amide bonds. The summed E-state index contributed by atoms with van der Waals surface area (Å²) in [4.78, 5) is 50.0. The summed E-state index contributed by atoms with van der Waals surface area (Å²) >= 11 is 0. The number of benzene rings is 4. The second-order valence-corrected chi connectivity index (χ2v) is 15.0. The highest BCUT2D eigenvalue weighted by molar-refractivity contribution is 5.68. The maximum Gasteiger partial charge on any atom is 0.305 e. The van der Waals surface area contributed by atoms with E-state index in [9.17, 15) is 19.2 Å². The minimum Gasteiger partial charge on any atom is -0.463 e. The van der Waals surface area contributed by atoms with E-state index >= 15 is 0 Å². The molecule has 4 aromatic carbocycles. The molecule has 0 aliphatic carbocycles. The van der Waals surface area contributed by atoms with E-state index in [1.807, 2.05) is 121 Å². The molecule has 2 aliphatic rings. The average molecular weight is 871 g/mol. The number of hydrogen-bond acceptors (Lipinski definition) is 15. The standard InChI is InChI=1S/C48H54O15/c1-31(49)54-30-40-42(58-32(2)50)44(59-33(3)51)46(48(62-40)60-34(4)52)63-47-45(57-28-38-23-15-8-16-24-38)43(56-27-37-21-13-7-14-22-37)41(55-26-36-19-11-6-12-20-36)39(61-47)29-53-25-35-17-9-5-10-18-35/h5-24,39-48H,25-30H2,1-4H3/t39-,40-,41-,42+,43+,44+,45+,46-,47-,48+/m1/s1. The van der Waals surface area contributed by atoms with E-state index in [-0.39, 0.29) is 33.0 Å². The van der Waals surface area contributed by atoms with Gasteiger partial charge in [0.15, 0.2) is 24.6 Å². The Balaban J connectivity index is 1.43. The number of carbonyl (C=O) groups is 4. The molecule has 0 bridgehead atoms. The van der Waals surface area contributed by atoms with Gasteiger partial charge in [-0.2, -0.15) is 0 Å². The third-order valence-corrected chi connectivity index (χ3v) is 10.1. The summed E-state index contributed by atoms with van der Waals surface area (Å²) in [6.07, 6.45) is -12.4. The lowest BCUT2D eigenvalue weighted by Crippen LogP contribution is -2.67. The molecule has 6 rings (SSSR count). The Labute approximate surface area is 366 Å². The molecule has 2 saturated heterocycles. The highest BCUT2D eigenvalue weighted by atomic mass is 16.8. The number of rotatable bonds is 20. The molecule has 0 N–H and O–H groups in total. The van der Waals surface area contributed by atoms with Gasteiger partial charge in [0.2, 0.25) is 6.29 Å². The minimum absolute atomic E-state index is 0.00669. The molecule has 2 aliphatic heterocycles. The highest BCUT2D eigenvalue weighted by Crippen LogP contribution is 2.36. The van der Waals surface area contributed by atoms with Gasteiger partial charge in [0.1, 0.15) is 37.1 Å². The minimum atomic E-state index is -1.61. The van der Waals surface area contributed by atoms with Gasteiger partial charge in [-0.15, -0.1) is 0 Å². The lowest BCUT2D eigenvalue weighted by Gasteiger charge is -2.49. The van der Waals surface area contributed by atoms with Crippen molar-refractivity contribution in [1.82, 2.24) is 0 Å². The summed E-state index contributed by atoms with van der Waals surface area (Å²) in [5, 5.41) is 0. The highest BCUT2D eigenvalue weighted by Gasteiger charge is 2.56. The van der Waals surface area contributed by atoms with Gasteiger partial charge >= 0.3 is 23.9 Å². The number of esters is 4. The van der Waals surface area contributed by atoms with Crippen LogP contribution in [0, 0.1) is 0 Å². The summed E-state index contributed by atoms with van der Waals surface area (Å²) in [5.74, 6) is -2.99. The molecular formula is C48H54O15. The van der Waals surface area contributed by atoms with Crippen LogP contribution in [0.4, 0.5) is 0 Å². The van der Waals surface area contributed by atoms with E-state index in [1.54, 1.807) is 0 Å². The largest absolute Gasteiger partial charge is 0.463 e. The maximum atomic E-state index is 12.8. The molecule has 0 unspecified atom stereocenters. The van der Waals surface area contributed by atoms with E-state index in [0.717, 1.165) is 43.0 Å². The molecule has 336 valence electrons. The van der Waals surface area contributed by atoms with Crippen molar-refractivity contribution in [1.29, 1.82) is 0 Å². The van der Waals surface area contributed by atoms with Crippen LogP contribution in [0.3, 0.4) is 0 Å². The fraction of sp³-hybridized carbons (Fsp3) is 0.417. The Bertz CT molecular complexity index is 2020. The van der Waals surface area contributed by atoms with Crippen molar-refractivity contribution in [2.45, 2.75) is 116 Å². The first kappa shape index (κ1) is 47.0. The topological polar surface area (TPSA) is 170 Å². The molecule has 2 fully saturated rings. The molecule has 63 heavy (non-hydrogen) atoms. The molecule has 0 saturated carbocycles. The van der Waals surface area contributed by atoms with E-state index < -0.39 is 91.9 Å². The monoisotopic (exact) mass is 870 g/mol. The van der Waals surface area contributed by atoms with Crippen molar-refractivity contribution in [3.05, 3.63) is 144 Å². The van der Waals surface area contributed by atoms with Crippen molar-refractivity contribution in [2.75, 3.05) is 13.2 Å². The van der Waals surface area contributed by atoms with Gasteiger partial charge in [-0.25, -0.2) is 0 Å². The number of ether oxygens (including phenoxy) is 11. The Hall–Kier alpha value is -5.52. The average Bonchev–Trinajstić information content (AvgIpc) is 3.27. The third kappa shape index (κ3) is 14.2. The molecule has 2 heterocycles. The van der Waals surface area contributed by atoms with Crippen LogP contribution in [0.15, 0.2) is 121 Å². The zero-order valence-corrected chi connectivity index (χ0v) is 35.7. The Morgan fingerprint density at radius 1 is 0.413 bits per heavy atom. The van der Waals surface area contributed by atoms with Crippen LogP contribution in [0.5, 0.6) is 0 Å². The molecule has 0 spiro atoms. The maximum absolute atomic E-state index is 12.8. The van der Waals surface area contributed by atoms with Crippen LogP contribution >= 0.6 is 0 Å². The smallest absolute Gasteiger partial charge is 0.305 e. The summed E-state index contributed by atoms with van der Waals surface area (Å²) in [6, 6.07) is 38.3. The fourth-order valence-corrected chi connectivity index (χ4v) is 7.29. The lowest BCUT2D eigenvalue weighted by molar-refractivity contribution is -0.374. The van der Waals surface area contributed by atoms with E-state index in [0.29, 0.717) is 0 Å². The predicted octanol–water partition coefficient (Wildman–Crippen LogP) is 5.78. The van der Waals surface area contributed by atoms with Crippen molar-refractivity contribution in [3.63, 3.8) is 0 Å².